The molecule has 0 radical (unpaired) electrons. The van der Waals surface area contributed by atoms with Gasteiger partial charge in [0, 0.05) is 18.6 Å². The first-order valence-electron chi connectivity index (χ1n) is 7.02. The molecule has 0 aliphatic heterocycles. The van der Waals surface area contributed by atoms with Crippen LogP contribution in [0.1, 0.15) is 10.4 Å². The third kappa shape index (κ3) is 3.35. The fraction of sp³-hybridized carbons (Fsp3) is 0.0588. The number of aromatic nitrogens is 1. The number of fused-ring (bicyclic) bond motifs is 1. The first-order chi connectivity index (χ1) is 11.8. The Hall–Kier alpha value is -2.08. The summed E-state index contributed by atoms with van der Waals surface area (Å²) in [5.74, 6) is -1.25. The van der Waals surface area contributed by atoms with Crippen molar-refractivity contribution >= 4 is 57.3 Å². The number of halogens is 4. The molecule has 0 atom stereocenters. The Labute approximate surface area is 156 Å². The van der Waals surface area contributed by atoms with Gasteiger partial charge < -0.3 is 9.88 Å². The van der Waals surface area contributed by atoms with Gasteiger partial charge in [-0.25, -0.2) is 4.39 Å². The van der Waals surface area contributed by atoms with Crippen LogP contribution in [-0.4, -0.2) is 10.5 Å². The Morgan fingerprint density at radius 1 is 1.08 bits per heavy atom. The first kappa shape index (κ1) is 17.7. The average molecular weight is 400 g/mol. The summed E-state index contributed by atoms with van der Waals surface area (Å²) in [6, 6.07) is 6.59. The summed E-state index contributed by atoms with van der Waals surface area (Å²) in [7, 11) is 1.66. The van der Waals surface area contributed by atoms with Gasteiger partial charge in [0.15, 0.2) is 0 Å². The standard InChI is InChI=1S/C17H10Cl3FN2O2/c1-23-7-10(16(24)9-4-8(21)2-3-15(9)23)17(25)22-14-6-12(19)11(18)5-13(14)20/h2-7H,1H3,(H,22,25). The summed E-state index contributed by atoms with van der Waals surface area (Å²) in [6.45, 7) is 0. The van der Waals surface area contributed by atoms with Crippen molar-refractivity contribution in [3.05, 3.63) is 73.2 Å². The minimum atomic E-state index is -0.688. The molecule has 3 rings (SSSR count). The molecule has 3 aromatic rings. The van der Waals surface area contributed by atoms with Gasteiger partial charge in [-0.05, 0) is 30.3 Å². The summed E-state index contributed by atoms with van der Waals surface area (Å²) >= 11 is 17.8. The zero-order valence-corrected chi connectivity index (χ0v) is 15.0. The summed E-state index contributed by atoms with van der Waals surface area (Å²) in [4.78, 5) is 25.1. The van der Waals surface area contributed by atoms with Crippen LogP contribution in [-0.2, 0) is 7.05 Å². The van der Waals surface area contributed by atoms with Crippen LogP contribution in [0, 0.1) is 5.82 Å². The highest BCUT2D eigenvalue weighted by Crippen LogP contribution is 2.32. The van der Waals surface area contributed by atoms with E-state index in [1.165, 1.54) is 30.5 Å². The molecule has 25 heavy (non-hydrogen) atoms. The largest absolute Gasteiger partial charge is 0.350 e. The van der Waals surface area contributed by atoms with Gasteiger partial charge in [-0.2, -0.15) is 0 Å². The fourth-order valence-electron chi connectivity index (χ4n) is 2.43. The number of rotatable bonds is 2. The van der Waals surface area contributed by atoms with Crippen LogP contribution in [0.25, 0.3) is 10.9 Å². The van der Waals surface area contributed by atoms with E-state index < -0.39 is 17.2 Å². The number of hydrogen-bond donors (Lipinski definition) is 1. The van der Waals surface area contributed by atoms with Crippen molar-refractivity contribution in [1.82, 2.24) is 4.57 Å². The zero-order chi connectivity index (χ0) is 18.3. The molecular formula is C17H10Cl3FN2O2. The molecular weight excluding hydrogens is 390 g/mol. The van der Waals surface area contributed by atoms with Gasteiger partial charge in [0.05, 0.1) is 26.3 Å². The van der Waals surface area contributed by atoms with Gasteiger partial charge in [-0.3, -0.25) is 9.59 Å². The predicted molar refractivity (Wildman–Crippen MR) is 98.6 cm³/mol. The van der Waals surface area contributed by atoms with Crippen molar-refractivity contribution in [2.45, 2.75) is 0 Å². The number of benzene rings is 2. The van der Waals surface area contributed by atoms with E-state index in [0.717, 1.165) is 6.07 Å². The van der Waals surface area contributed by atoms with Crippen LogP contribution in [0.4, 0.5) is 10.1 Å². The maximum absolute atomic E-state index is 13.5. The smallest absolute Gasteiger partial charge is 0.261 e. The fourth-order valence-corrected chi connectivity index (χ4v) is 3.03. The quantitative estimate of drug-likeness (QED) is 0.624. The third-order valence-electron chi connectivity index (χ3n) is 3.65. The molecule has 2 aromatic carbocycles. The Balaban J connectivity index is 2.08. The lowest BCUT2D eigenvalue weighted by Gasteiger charge is -2.11. The van der Waals surface area contributed by atoms with Crippen molar-refractivity contribution in [2.24, 2.45) is 7.05 Å². The van der Waals surface area contributed by atoms with Crippen molar-refractivity contribution in [3.63, 3.8) is 0 Å². The molecule has 0 unspecified atom stereocenters. The Kier molecular flexibility index (Phi) is 4.73. The van der Waals surface area contributed by atoms with Gasteiger partial charge in [0.2, 0.25) is 5.43 Å². The highest BCUT2D eigenvalue weighted by atomic mass is 35.5. The Bertz CT molecular complexity index is 1080. The zero-order valence-electron chi connectivity index (χ0n) is 12.7. The number of carbonyl (C=O) groups is 1. The van der Waals surface area contributed by atoms with Gasteiger partial charge >= 0.3 is 0 Å². The topological polar surface area (TPSA) is 51.1 Å². The molecule has 1 heterocycles. The minimum Gasteiger partial charge on any atom is -0.350 e. The minimum absolute atomic E-state index is 0.107. The van der Waals surface area contributed by atoms with Crippen LogP contribution in [0.15, 0.2) is 41.3 Å². The van der Waals surface area contributed by atoms with Crippen LogP contribution in [0.2, 0.25) is 15.1 Å². The molecule has 0 fully saturated rings. The Morgan fingerprint density at radius 3 is 2.48 bits per heavy atom. The highest BCUT2D eigenvalue weighted by Gasteiger charge is 2.17. The molecule has 128 valence electrons. The second kappa shape index (κ2) is 6.67. The van der Waals surface area contributed by atoms with Crippen molar-refractivity contribution in [3.8, 4) is 0 Å². The highest BCUT2D eigenvalue weighted by molar-refractivity contribution is 6.44. The molecule has 0 aliphatic rings. The number of nitrogens with zero attached hydrogens (tertiary/aromatic N) is 1. The van der Waals surface area contributed by atoms with Crippen molar-refractivity contribution < 1.29 is 9.18 Å². The molecule has 0 aliphatic carbocycles. The molecule has 0 spiro atoms. The van der Waals surface area contributed by atoms with E-state index in [4.69, 9.17) is 34.8 Å². The lowest BCUT2D eigenvalue weighted by molar-refractivity contribution is 0.102. The summed E-state index contributed by atoms with van der Waals surface area (Å²) in [5, 5.41) is 3.24. The Morgan fingerprint density at radius 2 is 1.76 bits per heavy atom. The lowest BCUT2D eigenvalue weighted by atomic mass is 10.1. The molecule has 4 nitrogen and oxygen atoms in total. The number of amides is 1. The monoisotopic (exact) mass is 398 g/mol. The number of pyridine rings is 1. The van der Waals surface area contributed by atoms with E-state index >= 15 is 0 Å². The lowest BCUT2D eigenvalue weighted by Crippen LogP contribution is -2.23. The van der Waals surface area contributed by atoms with Crippen LogP contribution < -0.4 is 10.7 Å². The third-order valence-corrected chi connectivity index (χ3v) is 4.69. The molecule has 0 saturated heterocycles. The van der Waals surface area contributed by atoms with Gasteiger partial charge in [0.1, 0.15) is 11.4 Å². The predicted octanol–water partition coefficient (Wildman–Crippen LogP) is 4.89. The van der Waals surface area contributed by atoms with Crippen LogP contribution >= 0.6 is 34.8 Å². The van der Waals surface area contributed by atoms with Crippen molar-refractivity contribution in [2.75, 3.05) is 5.32 Å². The average Bonchev–Trinajstić information content (AvgIpc) is 2.55. The van der Waals surface area contributed by atoms with Gasteiger partial charge in [0.25, 0.3) is 5.91 Å². The van der Waals surface area contributed by atoms with Crippen LogP contribution in [0.3, 0.4) is 0 Å². The maximum Gasteiger partial charge on any atom is 0.261 e. The first-order valence-corrected chi connectivity index (χ1v) is 8.16. The second-order valence-corrected chi connectivity index (χ2v) is 6.57. The molecule has 1 aromatic heterocycles. The van der Waals surface area contributed by atoms with Crippen LogP contribution in [0.5, 0.6) is 0 Å². The van der Waals surface area contributed by atoms with E-state index in [9.17, 15) is 14.0 Å². The summed E-state index contributed by atoms with van der Waals surface area (Å²) in [5.41, 5.74) is -0.0120. The van der Waals surface area contributed by atoms with E-state index in [-0.39, 0.29) is 31.7 Å². The van der Waals surface area contributed by atoms with E-state index in [1.807, 2.05) is 0 Å². The molecule has 0 bridgehead atoms. The summed E-state index contributed by atoms with van der Waals surface area (Å²) < 4.78 is 15.0. The maximum atomic E-state index is 13.5. The number of aryl methyl sites for hydroxylation is 1. The number of nitrogens with one attached hydrogen (secondary N) is 1. The van der Waals surface area contributed by atoms with Crippen molar-refractivity contribution in [1.29, 1.82) is 0 Å². The number of hydrogen-bond acceptors (Lipinski definition) is 2. The molecule has 0 saturated carbocycles. The second-order valence-electron chi connectivity index (χ2n) is 5.34. The SMILES string of the molecule is Cn1cc(C(=O)Nc2cc(Cl)c(Cl)cc2Cl)c(=O)c2cc(F)ccc21. The van der Waals surface area contributed by atoms with Gasteiger partial charge in [-0.15, -0.1) is 0 Å². The number of anilines is 1. The van der Waals surface area contributed by atoms with E-state index in [0.29, 0.717) is 5.52 Å². The van der Waals surface area contributed by atoms with E-state index in [2.05, 4.69) is 5.32 Å². The molecule has 1 N–H and O–H groups in total. The number of carbonyl (C=O) groups excluding carboxylic acids is 1. The van der Waals surface area contributed by atoms with Gasteiger partial charge in [-0.1, -0.05) is 34.8 Å². The van der Waals surface area contributed by atoms with E-state index in [1.54, 1.807) is 11.6 Å². The normalized spacial score (nSPS) is 10.9. The molecule has 1 amide bonds. The summed E-state index contributed by atoms with van der Waals surface area (Å²) in [6.07, 6.45) is 1.38. The molecule has 8 heteroatoms.